The molecule has 32 heavy (non-hydrogen) atoms. The SMILES string of the molecule is CCOc1ccc(-n2c(SCC(=O)N3CCC3)nnc2-c2ccc(C(C)(C)C)cc2)cc1. The number of rotatable bonds is 7. The van der Waals surface area contributed by atoms with E-state index in [1.54, 1.807) is 0 Å². The summed E-state index contributed by atoms with van der Waals surface area (Å²) in [6.45, 7) is 10.9. The lowest BCUT2D eigenvalue weighted by Crippen LogP contribution is -2.43. The van der Waals surface area contributed by atoms with Crippen LogP contribution in [0.5, 0.6) is 5.75 Å². The van der Waals surface area contributed by atoms with Gasteiger partial charge in [0.25, 0.3) is 0 Å². The van der Waals surface area contributed by atoms with Crippen LogP contribution in [0.25, 0.3) is 17.1 Å². The fourth-order valence-corrected chi connectivity index (χ4v) is 4.40. The average Bonchev–Trinajstić information content (AvgIpc) is 3.15. The minimum absolute atomic E-state index is 0.0829. The molecule has 0 N–H and O–H groups in total. The number of aromatic nitrogens is 3. The van der Waals surface area contributed by atoms with E-state index in [0.29, 0.717) is 17.5 Å². The first-order valence-corrected chi connectivity index (χ1v) is 12.1. The summed E-state index contributed by atoms with van der Waals surface area (Å²) in [5.74, 6) is 2.09. The molecule has 0 atom stereocenters. The van der Waals surface area contributed by atoms with Crippen LogP contribution in [0.15, 0.2) is 53.7 Å². The van der Waals surface area contributed by atoms with Gasteiger partial charge in [0.1, 0.15) is 5.75 Å². The van der Waals surface area contributed by atoms with Gasteiger partial charge >= 0.3 is 0 Å². The fourth-order valence-electron chi connectivity index (χ4n) is 3.54. The molecule has 1 fully saturated rings. The first-order valence-electron chi connectivity index (χ1n) is 11.1. The summed E-state index contributed by atoms with van der Waals surface area (Å²) in [5.41, 5.74) is 3.27. The predicted octanol–water partition coefficient (Wildman–Crippen LogP) is 4.95. The minimum atomic E-state index is 0.0829. The van der Waals surface area contributed by atoms with Gasteiger partial charge in [-0.1, -0.05) is 56.8 Å². The van der Waals surface area contributed by atoms with Crippen LogP contribution in [-0.4, -0.2) is 51.0 Å². The van der Waals surface area contributed by atoms with Gasteiger partial charge in [-0.15, -0.1) is 10.2 Å². The first kappa shape index (κ1) is 22.4. The molecule has 1 aliphatic rings. The number of carbonyl (C=O) groups is 1. The number of carbonyl (C=O) groups excluding carboxylic acids is 1. The summed E-state index contributed by atoms with van der Waals surface area (Å²) >= 11 is 1.43. The standard InChI is InChI=1S/C25H30N4O2S/c1-5-31-21-13-11-20(12-14-21)29-23(18-7-9-19(10-8-18)25(2,3)4)26-27-24(29)32-17-22(30)28-15-6-16-28/h7-14H,5-6,15-17H2,1-4H3. The molecule has 6 nitrogen and oxygen atoms in total. The number of nitrogens with zero attached hydrogens (tertiary/aromatic N) is 4. The van der Waals surface area contributed by atoms with Crippen LogP contribution in [0.1, 0.15) is 39.7 Å². The highest BCUT2D eigenvalue weighted by Gasteiger charge is 2.23. The molecule has 1 amide bonds. The van der Waals surface area contributed by atoms with Crippen molar-refractivity contribution in [2.45, 2.75) is 44.7 Å². The molecule has 7 heteroatoms. The molecule has 1 aliphatic heterocycles. The first-order chi connectivity index (χ1) is 15.4. The molecule has 2 aromatic carbocycles. The van der Waals surface area contributed by atoms with Crippen molar-refractivity contribution in [3.8, 4) is 22.8 Å². The molecule has 168 valence electrons. The number of likely N-dealkylation sites (tertiary alicyclic amines) is 1. The zero-order valence-electron chi connectivity index (χ0n) is 19.2. The smallest absolute Gasteiger partial charge is 0.233 e. The molecule has 2 heterocycles. The van der Waals surface area contributed by atoms with Crippen molar-refractivity contribution < 1.29 is 9.53 Å². The largest absolute Gasteiger partial charge is 0.494 e. The van der Waals surface area contributed by atoms with Crippen LogP contribution in [0.2, 0.25) is 0 Å². The van der Waals surface area contributed by atoms with Crippen LogP contribution < -0.4 is 4.74 Å². The quantitative estimate of drug-likeness (QED) is 0.477. The highest BCUT2D eigenvalue weighted by Crippen LogP contribution is 2.31. The summed E-state index contributed by atoms with van der Waals surface area (Å²) in [6.07, 6.45) is 1.09. The van der Waals surface area contributed by atoms with Crippen molar-refractivity contribution in [2.75, 3.05) is 25.4 Å². The molecule has 0 radical (unpaired) electrons. The van der Waals surface area contributed by atoms with Gasteiger partial charge in [0, 0.05) is 24.3 Å². The van der Waals surface area contributed by atoms with Gasteiger partial charge in [-0.2, -0.15) is 0 Å². The number of thioether (sulfide) groups is 1. The summed E-state index contributed by atoms with van der Waals surface area (Å²) < 4.78 is 7.62. The summed E-state index contributed by atoms with van der Waals surface area (Å²) in [4.78, 5) is 14.3. The molecule has 0 saturated carbocycles. The molecular weight excluding hydrogens is 420 g/mol. The van der Waals surface area contributed by atoms with Gasteiger partial charge in [0.2, 0.25) is 5.91 Å². The second-order valence-electron chi connectivity index (χ2n) is 8.92. The van der Waals surface area contributed by atoms with Crippen LogP contribution >= 0.6 is 11.8 Å². The number of hydrogen-bond acceptors (Lipinski definition) is 5. The molecule has 0 spiro atoms. The van der Waals surface area contributed by atoms with Crippen molar-refractivity contribution >= 4 is 17.7 Å². The Labute approximate surface area is 194 Å². The average molecular weight is 451 g/mol. The maximum Gasteiger partial charge on any atom is 0.233 e. The maximum atomic E-state index is 12.4. The summed E-state index contributed by atoms with van der Waals surface area (Å²) in [6, 6.07) is 16.4. The van der Waals surface area contributed by atoms with E-state index >= 15 is 0 Å². The van der Waals surface area contributed by atoms with Crippen LogP contribution in [0.4, 0.5) is 0 Å². The van der Waals surface area contributed by atoms with Crippen LogP contribution in [0.3, 0.4) is 0 Å². The van der Waals surface area contributed by atoms with E-state index < -0.39 is 0 Å². The number of ether oxygens (including phenoxy) is 1. The number of amides is 1. The molecule has 0 bridgehead atoms. The van der Waals surface area contributed by atoms with E-state index in [2.05, 4.69) is 55.2 Å². The number of benzene rings is 2. The Morgan fingerprint density at radius 3 is 2.28 bits per heavy atom. The predicted molar refractivity (Wildman–Crippen MR) is 129 cm³/mol. The normalized spacial score (nSPS) is 13.7. The van der Waals surface area contributed by atoms with Gasteiger partial charge in [-0.3, -0.25) is 9.36 Å². The van der Waals surface area contributed by atoms with E-state index in [4.69, 9.17) is 4.74 Å². The Morgan fingerprint density at radius 2 is 1.72 bits per heavy atom. The zero-order chi connectivity index (χ0) is 22.7. The highest BCUT2D eigenvalue weighted by molar-refractivity contribution is 7.99. The maximum absolute atomic E-state index is 12.4. The van der Waals surface area contributed by atoms with Crippen LogP contribution in [-0.2, 0) is 10.2 Å². The van der Waals surface area contributed by atoms with Crippen molar-refractivity contribution in [2.24, 2.45) is 0 Å². The van der Waals surface area contributed by atoms with Gasteiger partial charge in [0.05, 0.1) is 12.4 Å². The van der Waals surface area contributed by atoms with E-state index in [-0.39, 0.29) is 11.3 Å². The molecule has 4 rings (SSSR count). The summed E-state index contributed by atoms with van der Waals surface area (Å²) in [5, 5.41) is 9.66. The Kier molecular flexibility index (Phi) is 6.55. The second-order valence-corrected chi connectivity index (χ2v) is 9.86. The van der Waals surface area contributed by atoms with Gasteiger partial charge < -0.3 is 9.64 Å². The fraction of sp³-hybridized carbons (Fsp3) is 0.400. The van der Waals surface area contributed by atoms with Gasteiger partial charge in [0.15, 0.2) is 11.0 Å². The van der Waals surface area contributed by atoms with Gasteiger partial charge in [-0.25, -0.2) is 0 Å². The molecule has 1 saturated heterocycles. The molecule has 3 aromatic rings. The lowest BCUT2D eigenvalue weighted by molar-refractivity contribution is -0.131. The lowest BCUT2D eigenvalue weighted by atomic mass is 9.87. The Morgan fingerprint density at radius 1 is 1.03 bits per heavy atom. The van der Waals surface area contributed by atoms with E-state index in [0.717, 1.165) is 42.3 Å². The van der Waals surface area contributed by atoms with Crippen molar-refractivity contribution in [1.29, 1.82) is 0 Å². The summed E-state index contributed by atoms with van der Waals surface area (Å²) in [7, 11) is 0. The minimum Gasteiger partial charge on any atom is -0.494 e. The molecule has 1 aromatic heterocycles. The second kappa shape index (κ2) is 9.36. The Hall–Kier alpha value is -2.80. The van der Waals surface area contributed by atoms with Crippen molar-refractivity contribution in [1.82, 2.24) is 19.7 Å². The lowest BCUT2D eigenvalue weighted by Gasteiger charge is -2.30. The third-order valence-electron chi connectivity index (χ3n) is 5.58. The third-order valence-corrected chi connectivity index (χ3v) is 6.50. The van der Waals surface area contributed by atoms with E-state index in [9.17, 15) is 4.79 Å². The van der Waals surface area contributed by atoms with E-state index in [1.165, 1.54) is 17.3 Å². The zero-order valence-corrected chi connectivity index (χ0v) is 20.0. The monoisotopic (exact) mass is 450 g/mol. The number of hydrogen-bond donors (Lipinski definition) is 0. The third kappa shape index (κ3) is 4.83. The molecule has 0 aliphatic carbocycles. The topological polar surface area (TPSA) is 60.2 Å². The van der Waals surface area contributed by atoms with Gasteiger partial charge in [-0.05, 0) is 48.6 Å². The Bertz CT molecular complexity index is 1060. The molecule has 0 unspecified atom stereocenters. The van der Waals surface area contributed by atoms with Crippen molar-refractivity contribution in [3.05, 3.63) is 54.1 Å². The van der Waals surface area contributed by atoms with Crippen molar-refractivity contribution in [3.63, 3.8) is 0 Å². The molecular formula is C25H30N4O2S. The van der Waals surface area contributed by atoms with Crippen LogP contribution in [0, 0.1) is 0 Å². The van der Waals surface area contributed by atoms with E-state index in [1.807, 2.05) is 40.7 Å². The Balaban J connectivity index is 1.67. The highest BCUT2D eigenvalue weighted by atomic mass is 32.2.